The number of hydrogen-bond donors (Lipinski definition) is 1. The van der Waals surface area contributed by atoms with Crippen molar-refractivity contribution in [3.05, 3.63) is 18.1 Å². The molecule has 138 valence electrons. The van der Waals surface area contributed by atoms with Gasteiger partial charge in [-0.3, -0.25) is 0 Å². The summed E-state index contributed by atoms with van der Waals surface area (Å²) in [5, 5.41) is 0. The molecule has 2 unspecified atom stereocenters. The van der Waals surface area contributed by atoms with Crippen LogP contribution in [-0.4, -0.2) is 38.6 Å². The van der Waals surface area contributed by atoms with Gasteiger partial charge in [0.05, 0.1) is 5.52 Å². The molecule has 25 heavy (non-hydrogen) atoms. The highest BCUT2D eigenvalue weighted by Gasteiger charge is 2.19. The van der Waals surface area contributed by atoms with Crippen molar-refractivity contribution in [1.29, 1.82) is 0 Å². The van der Waals surface area contributed by atoms with Gasteiger partial charge < -0.3 is 15.2 Å². The molecule has 1 aliphatic rings. The van der Waals surface area contributed by atoms with Gasteiger partial charge in [0.1, 0.15) is 11.8 Å². The highest BCUT2D eigenvalue weighted by atomic mass is 15.2. The molecule has 5 heteroatoms. The van der Waals surface area contributed by atoms with Crippen LogP contribution in [0.15, 0.2) is 12.5 Å². The molecule has 1 saturated heterocycles. The molecular weight excluding hydrogens is 310 g/mol. The van der Waals surface area contributed by atoms with Crippen molar-refractivity contribution < 1.29 is 0 Å². The average molecular weight is 344 g/mol. The Labute approximate surface area is 151 Å². The van der Waals surface area contributed by atoms with Gasteiger partial charge >= 0.3 is 0 Å². The van der Waals surface area contributed by atoms with Crippen LogP contribution in [0.25, 0.3) is 11.0 Å². The Morgan fingerprint density at radius 1 is 1.28 bits per heavy atom. The van der Waals surface area contributed by atoms with Crippen LogP contribution in [-0.2, 0) is 6.42 Å². The van der Waals surface area contributed by atoms with Crippen molar-refractivity contribution >= 4 is 16.9 Å². The molecule has 0 bridgehead atoms. The van der Waals surface area contributed by atoms with Crippen LogP contribution in [0.4, 0.5) is 5.82 Å². The standard InChI is InChI=1S/C20H33N5/c1-4-15(2)25-13-17(18-19(25)20(21)23-14-22-18)10-6-5-7-11-24-12-8-9-16(24)3/h13-16H,4-12H2,1-3H3,(H2,21,22,23). The zero-order valence-electron chi connectivity index (χ0n) is 16.0. The van der Waals surface area contributed by atoms with E-state index in [4.69, 9.17) is 5.73 Å². The van der Waals surface area contributed by atoms with Crippen molar-refractivity contribution in [2.45, 2.75) is 77.8 Å². The first-order valence-electron chi connectivity index (χ1n) is 9.95. The highest BCUT2D eigenvalue weighted by Crippen LogP contribution is 2.28. The number of aryl methyl sites for hydroxylation is 1. The van der Waals surface area contributed by atoms with E-state index < -0.39 is 0 Å². The summed E-state index contributed by atoms with van der Waals surface area (Å²) in [7, 11) is 0. The molecule has 3 rings (SSSR count). The van der Waals surface area contributed by atoms with Crippen molar-refractivity contribution in [1.82, 2.24) is 19.4 Å². The van der Waals surface area contributed by atoms with Crippen molar-refractivity contribution in [2.75, 3.05) is 18.8 Å². The molecule has 2 atom stereocenters. The summed E-state index contributed by atoms with van der Waals surface area (Å²) in [4.78, 5) is 11.4. The van der Waals surface area contributed by atoms with Crippen LogP contribution in [0.5, 0.6) is 0 Å². The minimum Gasteiger partial charge on any atom is -0.382 e. The number of nitrogens with zero attached hydrogens (tertiary/aromatic N) is 4. The van der Waals surface area contributed by atoms with Gasteiger partial charge in [-0.05, 0) is 71.0 Å². The summed E-state index contributed by atoms with van der Waals surface area (Å²) >= 11 is 0. The fourth-order valence-electron chi connectivity index (χ4n) is 4.03. The summed E-state index contributed by atoms with van der Waals surface area (Å²) in [6.45, 7) is 9.34. The topological polar surface area (TPSA) is 60.0 Å². The molecular formula is C20H33N5. The monoisotopic (exact) mass is 343 g/mol. The third-order valence-corrected chi connectivity index (χ3v) is 5.86. The maximum absolute atomic E-state index is 6.14. The normalized spacial score (nSPS) is 19.7. The number of hydrogen-bond acceptors (Lipinski definition) is 4. The Hall–Kier alpha value is -1.62. The van der Waals surface area contributed by atoms with E-state index in [2.05, 4.69) is 46.4 Å². The molecule has 2 aromatic heterocycles. The van der Waals surface area contributed by atoms with E-state index >= 15 is 0 Å². The van der Waals surface area contributed by atoms with Gasteiger partial charge in [-0.25, -0.2) is 9.97 Å². The van der Waals surface area contributed by atoms with E-state index in [0.29, 0.717) is 11.9 Å². The van der Waals surface area contributed by atoms with Crippen LogP contribution in [0.3, 0.4) is 0 Å². The number of nitrogen functional groups attached to an aromatic ring is 1. The third kappa shape index (κ3) is 3.97. The van der Waals surface area contributed by atoms with Gasteiger partial charge in [0.2, 0.25) is 0 Å². The lowest BCUT2D eigenvalue weighted by Gasteiger charge is -2.20. The largest absolute Gasteiger partial charge is 0.382 e. The third-order valence-electron chi connectivity index (χ3n) is 5.86. The molecule has 0 aliphatic carbocycles. The van der Waals surface area contributed by atoms with E-state index in [9.17, 15) is 0 Å². The first-order valence-corrected chi connectivity index (χ1v) is 9.95. The number of rotatable bonds is 8. The van der Waals surface area contributed by atoms with Crippen molar-refractivity contribution in [2.24, 2.45) is 0 Å². The molecule has 3 heterocycles. The zero-order valence-corrected chi connectivity index (χ0v) is 16.0. The van der Waals surface area contributed by atoms with Gasteiger partial charge in [0.25, 0.3) is 0 Å². The Morgan fingerprint density at radius 2 is 2.12 bits per heavy atom. The number of anilines is 1. The fourth-order valence-corrected chi connectivity index (χ4v) is 4.03. The molecule has 2 aromatic rings. The van der Waals surface area contributed by atoms with Gasteiger partial charge in [0, 0.05) is 18.3 Å². The quantitative estimate of drug-likeness (QED) is 0.730. The van der Waals surface area contributed by atoms with E-state index in [1.807, 2.05) is 0 Å². The number of aromatic nitrogens is 3. The van der Waals surface area contributed by atoms with Gasteiger partial charge in [0.15, 0.2) is 5.82 Å². The molecule has 0 aromatic carbocycles. The van der Waals surface area contributed by atoms with Crippen LogP contribution in [0.1, 0.15) is 70.9 Å². The Bertz CT molecular complexity index is 693. The summed E-state index contributed by atoms with van der Waals surface area (Å²) in [5.41, 5.74) is 9.52. The SMILES string of the molecule is CCC(C)n1cc(CCCCCN2CCCC2C)c2ncnc(N)c21. The molecule has 0 saturated carbocycles. The highest BCUT2D eigenvalue weighted by molar-refractivity contribution is 5.88. The Balaban J connectivity index is 1.60. The Morgan fingerprint density at radius 3 is 2.84 bits per heavy atom. The van der Waals surface area contributed by atoms with E-state index in [1.165, 1.54) is 50.8 Å². The zero-order chi connectivity index (χ0) is 17.8. The van der Waals surface area contributed by atoms with Crippen LogP contribution >= 0.6 is 0 Å². The second-order valence-electron chi connectivity index (χ2n) is 7.61. The van der Waals surface area contributed by atoms with Crippen LogP contribution in [0.2, 0.25) is 0 Å². The van der Waals surface area contributed by atoms with E-state index in [-0.39, 0.29) is 0 Å². The summed E-state index contributed by atoms with van der Waals surface area (Å²) in [6.07, 6.45) is 12.5. The number of nitrogens with two attached hydrogens (primary N) is 1. The molecule has 0 spiro atoms. The lowest BCUT2D eigenvalue weighted by Crippen LogP contribution is -2.27. The van der Waals surface area contributed by atoms with E-state index in [1.54, 1.807) is 6.33 Å². The second kappa shape index (κ2) is 8.17. The van der Waals surface area contributed by atoms with Crippen LogP contribution < -0.4 is 5.73 Å². The molecule has 1 aliphatic heterocycles. The van der Waals surface area contributed by atoms with Gasteiger partial charge in [-0.15, -0.1) is 0 Å². The van der Waals surface area contributed by atoms with Gasteiger partial charge in [-0.1, -0.05) is 13.3 Å². The van der Waals surface area contributed by atoms with Crippen molar-refractivity contribution in [3.8, 4) is 0 Å². The predicted octanol–water partition coefficient (Wildman–Crippen LogP) is 4.18. The second-order valence-corrected chi connectivity index (χ2v) is 7.61. The lowest BCUT2D eigenvalue weighted by molar-refractivity contribution is 0.262. The number of unbranched alkanes of at least 4 members (excludes halogenated alkanes) is 2. The first-order chi connectivity index (χ1) is 12.1. The molecule has 2 N–H and O–H groups in total. The molecule has 0 amide bonds. The molecule has 0 radical (unpaired) electrons. The summed E-state index contributed by atoms with van der Waals surface area (Å²) < 4.78 is 2.27. The summed E-state index contributed by atoms with van der Waals surface area (Å²) in [5.74, 6) is 0.597. The Kier molecular flexibility index (Phi) is 5.94. The predicted molar refractivity (Wildman–Crippen MR) is 105 cm³/mol. The van der Waals surface area contributed by atoms with E-state index in [0.717, 1.165) is 29.9 Å². The minimum atomic E-state index is 0.418. The summed E-state index contributed by atoms with van der Waals surface area (Å²) in [6, 6.07) is 1.20. The smallest absolute Gasteiger partial charge is 0.151 e. The minimum absolute atomic E-state index is 0.418. The lowest BCUT2D eigenvalue weighted by atomic mass is 10.1. The number of likely N-dealkylation sites (tertiary alicyclic amines) is 1. The van der Waals surface area contributed by atoms with Crippen LogP contribution in [0, 0.1) is 0 Å². The molecule has 1 fully saturated rings. The first kappa shape index (κ1) is 18.2. The van der Waals surface area contributed by atoms with Gasteiger partial charge in [-0.2, -0.15) is 0 Å². The number of fused-ring (bicyclic) bond motifs is 1. The maximum atomic E-state index is 6.14. The molecule has 5 nitrogen and oxygen atoms in total. The average Bonchev–Trinajstić information content (AvgIpc) is 3.19. The van der Waals surface area contributed by atoms with Crippen molar-refractivity contribution in [3.63, 3.8) is 0 Å². The fraction of sp³-hybridized carbons (Fsp3) is 0.700. The maximum Gasteiger partial charge on any atom is 0.151 e.